The number of benzene rings is 3. The van der Waals surface area contributed by atoms with Crippen LogP contribution < -0.4 is 5.19 Å². The summed E-state index contributed by atoms with van der Waals surface area (Å²) in [5, 5.41) is 1.55. The normalized spacial score (nSPS) is 15.2. The average Bonchev–Trinajstić information content (AvgIpc) is 3.82. The van der Waals surface area contributed by atoms with Gasteiger partial charge in [-0.3, -0.25) is 0 Å². The molecule has 0 saturated heterocycles. The summed E-state index contributed by atoms with van der Waals surface area (Å²) in [7, 11) is -1.34. The second kappa shape index (κ2) is 15.8. The van der Waals surface area contributed by atoms with Crippen molar-refractivity contribution in [1.82, 2.24) is 9.97 Å². The maximum atomic E-state index is 4.78. The molecule has 0 spiro atoms. The van der Waals surface area contributed by atoms with Gasteiger partial charge in [-0.25, -0.2) is 0 Å². The van der Waals surface area contributed by atoms with Crippen molar-refractivity contribution in [2.45, 2.75) is 96.7 Å². The van der Waals surface area contributed by atoms with Crippen LogP contribution in [0, 0.1) is 26.0 Å². The second-order valence-corrected chi connectivity index (χ2v) is 19.4. The summed E-state index contributed by atoms with van der Waals surface area (Å²) in [6.45, 7) is 11.6. The zero-order chi connectivity index (χ0) is 32.1. The van der Waals surface area contributed by atoms with E-state index in [-0.39, 0.29) is 20.1 Å². The molecule has 5 aromatic rings. The van der Waals surface area contributed by atoms with Crippen LogP contribution in [-0.2, 0) is 20.1 Å². The first kappa shape index (κ1) is 35.1. The SMILES string of the molecule is C[Si](C)(C)c1cnc(-c2[c-]cccc2)cc1C1CCCC1.Cc1ccc(-c2cnc(-c3[c-]cccc3)cc2C2CCCC2)cc1C.[Ir]. The molecule has 4 heteroatoms. The summed E-state index contributed by atoms with van der Waals surface area (Å²) in [6, 6.07) is 34.3. The first-order valence-corrected chi connectivity index (χ1v) is 20.8. The molecule has 1 radical (unpaired) electrons. The molecule has 2 aliphatic rings. The molecule has 0 atom stereocenters. The molecule has 3 aromatic carbocycles. The Kier molecular flexibility index (Phi) is 11.8. The van der Waals surface area contributed by atoms with E-state index < -0.39 is 8.07 Å². The molecule has 0 aliphatic heterocycles. The molecule has 2 aliphatic carbocycles. The van der Waals surface area contributed by atoms with Gasteiger partial charge in [0.2, 0.25) is 0 Å². The van der Waals surface area contributed by atoms with E-state index in [2.05, 4.69) is 113 Å². The topological polar surface area (TPSA) is 25.8 Å². The van der Waals surface area contributed by atoms with Crippen LogP contribution in [0.5, 0.6) is 0 Å². The first-order chi connectivity index (χ1) is 22.3. The molecule has 0 unspecified atom stereocenters. The number of pyridine rings is 2. The van der Waals surface area contributed by atoms with Crippen molar-refractivity contribution in [1.29, 1.82) is 0 Å². The van der Waals surface area contributed by atoms with Crippen molar-refractivity contribution < 1.29 is 20.1 Å². The average molecular weight is 813 g/mol. The van der Waals surface area contributed by atoms with E-state index in [4.69, 9.17) is 9.97 Å². The van der Waals surface area contributed by atoms with E-state index in [1.54, 1.807) is 10.8 Å². The van der Waals surface area contributed by atoms with Gasteiger partial charge >= 0.3 is 0 Å². The predicted octanol–water partition coefficient (Wildman–Crippen LogP) is 11.2. The van der Waals surface area contributed by atoms with E-state index >= 15 is 0 Å². The van der Waals surface area contributed by atoms with Crippen molar-refractivity contribution in [3.63, 3.8) is 0 Å². The standard InChI is InChI=1S/C24H24N.C19H24NSi.Ir/c1-17-12-13-21(14-18(17)2)23-16-25-24(20-10-4-3-5-11-20)15-22(23)19-8-6-7-9-19;1-21(2,3)19-14-20-18(16-11-5-4-6-12-16)13-17(19)15-9-7-8-10-15;/h3-5,10,12-16,19H,6-9H2,1-2H3;4-6,11,13-15H,7-10H2,1-3H3;/q2*-1;. The van der Waals surface area contributed by atoms with E-state index in [9.17, 15) is 0 Å². The van der Waals surface area contributed by atoms with Crippen LogP contribution in [0.15, 0.2) is 91.3 Å². The van der Waals surface area contributed by atoms with Crippen molar-refractivity contribution in [2.24, 2.45) is 0 Å². The number of rotatable bonds is 6. The van der Waals surface area contributed by atoms with Crippen LogP contribution in [0.4, 0.5) is 0 Å². The quantitative estimate of drug-likeness (QED) is 0.126. The molecule has 0 bridgehead atoms. The van der Waals surface area contributed by atoms with E-state index in [0.717, 1.165) is 28.4 Å². The Hall–Kier alpha value is -3.17. The van der Waals surface area contributed by atoms with Gasteiger partial charge in [0.15, 0.2) is 0 Å². The van der Waals surface area contributed by atoms with Crippen molar-refractivity contribution in [3.8, 4) is 33.6 Å². The molecule has 2 nitrogen and oxygen atoms in total. The summed E-state index contributed by atoms with van der Waals surface area (Å²) < 4.78 is 0. The van der Waals surface area contributed by atoms with Crippen molar-refractivity contribution in [2.75, 3.05) is 0 Å². The van der Waals surface area contributed by atoms with Gasteiger partial charge in [0.25, 0.3) is 0 Å². The van der Waals surface area contributed by atoms with Crippen molar-refractivity contribution in [3.05, 3.63) is 126 Å². The Balaban J connectivity index is 0.000000183. The van der Waals surface area contributed by atoms with Gasteiger partial charge in [0.1, 0.15) is 0 Å². The van der Waals surface area contributed by atoms with Gasteiger partial charge in [-0.05, 0) is 90.2 Å². The molecule has 2 heterocycles. The Labute approximate surface area is 297 Å². The molecule has 2 fully saturated rings. The molecule has 7 rings (SSSR count). The molecular weight excluding hydrogens is 765 g/mol. The minimum atomic E-state index is -1.34. The Morgan fingerprint density at radius 2 is 1.15 bits per heavy atom. The van der Waals surface area contributed by atoms with Gasteiger partial charge in [-0.15, -0.1) is 71.8 Å². The molecule has 0 amide bonds. The maximum Gasteiger partial charge on any atom is 0.0799 e. The maximum absolute atomic E-state index is 4.78. The summed E-state index contributed by atoms with van der Waals surface area (Å²) in [5.41, 5.74) is 12.6. The summed E-state index contributed by atoms with van der Waals surface area (Å²) in [4.78, 5) is 9.53. The number of hydrogen-bond donors (Lipinski definition) is 0. The number of nitrogens with zero attached hydrogens (tertiary/aromatic N) is 2. The third-order valence-corrected chi connectivity index (χ3v) is 12.1. The predicted molar refractivity (Wildman–Crippen MR) is 197 cm³/mol. The third-order valence-electron chi connectivity index (χ3n) is 10.1. The smallest absolute Gasteiger partial charge is 0.0799 e. The van der Waals surface area contributed by atoms with Crippen molar-refractivity contribution >= 4 is 13.3 Å². The summed E-state index contributed by atoms with van der Waals surface area (Å²) >= 11 is 0. The van der Waals surface area contributed by atoms with Crippen LogP contribution in [0.3, 0.4) is 0 Å². The number of hydrogen-bond acceptors (Lipinski definition) is 2. The van der Waals surface area contributed by atoms with Gasteiger partial charge in [0.05, 0.1) is 8.07 Å². The molecule has 0 N–H and O–H groups in total. The van der Waals surface area contributed by atoms with E-state index in [0.29, 0.717) is 5.92 Å². The largest absolute Gasteiger partial charge is 0.305 e. The number of aromatic nitrogens is 2. The van der Waals surface area contributed by atoms with E-state index in [1.165, 1.54) is 79.2 Å². The van der Waals surface area contributed by atoms with Crippen LogP contribution >= 0.6 is 0 Å². The van der Waals surface area contributed by atoms with Gasteiger partial charge in [0, 0.05) is 38.1 Å². The fourth-order valence-electron chi connectivity index (χ4n) is 7.27. The molecule has 2 aromatic heterocycles. The fourth-order valence-corrected chi connectivity index (χ4v) is 8.86. The monoisotopic (exact) mass is 813 g/mol. The van der Waals surface area contributed by atoms with Crippen LogP contribution in [0.25, 0.3) is 33.6 Å². The molecule has 245 valence electrons. The minimum absolute atomic E-state index is 0. The summed E-state index contributed by atoms with van der Waals surface area (Å²) in [6.07, 6.45) is 15.0. The Bertz CT molecular complexity index is 1750. The van der Waals surface area contributed by atoms with Gasteiger partial charge in [-0.2, -0.15) is 0 Å². The Morgan fingerprint density at radius 3 is 1.66 bits per heavy atom. The second-order valence-electron chi connectivity index (χ2n) is 14.4. The third kappa shape index (κ3) is 8.47. The van der Waals surface area contributed by atoms with Crippen LogP contribution in [0.1, 0.15) is 85.5 Å². The van der Waals surface area contributed by atoms with Gasteiger partial charge in [-0.1, -0.05) is 81.2 Å². The molecular formula is C43H48IrN2Si-2. The minimum Gasteiger partial charge on any atom is -0.305 e. The Morgan fingerprint density at radius 1 is 0.617 bits per heavy atom. The van der Waals surface area contributed by atoms with Gasteiger partial charge < -0.3 is 9.97 Å². The zero-order valence-electron chi connectivity index (χ0n) is 28.7. The van der Waals surface area contributed by atoms with E-state index in [1.807, 2.05) is 24.3 Å². The first-order valence-electron chi connectivity index (χ1n) is 17.3. The molecule has 2 saturated carbocycles. The van der Waals surface area contributed by atoms with Crippen LogP contribution in [-0.4, -0.2) is 18.0 Å². The zero-order valence-corrected chi connectivity index (χ0v) is 32.1. The summed E-state index contributed by atoms with van der Waals surface area (Å²) in [5.74, 6) is 1.40. The van der Waals surface area contributed by atoms with Crippen LogP contribution in [0.2, 0.25) is 19.6 Å². The fraction of sp³-hybridized carbons (Fsp3) is 0.349. The number of aryl methyl sites for hydroxylation is 2. The molecule has 47 heavy (non-hydrogen) atoms.